The first-order valence-electron chi connectivity index (χ1n) is 9.54. The fourth-order valence-electron chi connectivity index (χ4n) is 2.80. The minimum atomic E-state index is -0.381. The smallest absolute Gasteiger partial charge is 0.308 e. The summed E-state index contributed by atoms with van der Waals surface area (Å²) in [5.41, 5.74) is 1.93. The van der Waals surface area contributed by atoms with Crippen molar-refractivity contribution in [3.63, 3.8) is 0 Å². The van der Waals surface area contributed by atoms with Crippen LogP contribution in [-0.4, -0.2) is 48.7 Å². The van der Waals surface area contributed by atoms with E-state index in [0.717, 1.165) is 12.0 Å². The van der Waals surface area contributed by atoms with Crippen molar-refractivity contribution in [1.82, 2.24) is 25.0 Å². The molecular formula is C19H25N7O3. The Bertz CT molecular complexity index is 985. The number of benzene rings is 1. The highest BCUT2D eigenvalue weighted by atomic mass is 16.5. The lowest BCUT2D eigenvalue weighted by molar-refractivity contribution is -0.131. The van der Waals surface area contributed by atoms with Crippen LogP contribution in [0.15, 0.2) is 24.3 Å². The summed E-state index contributed by atoms with van der Waals surface area (Å²) in [6.45, 7) is 6.24. The van der Waals surface area contributed by atoms with Crippen LogP contribution in [0.1, 0.15) is 32.8 Å². The van der Waals surface area contributed by atoms with E-state index in [2.05, 4.69) is 30.9 Å². The Kier molecular flexibility index (Phi) is 6.55. The number of aryl methyl sites for hydroxylation is 1. The van der Waals surface area contributed by atoms with E-state index in [1.807, 2.05) is 26.0 Å². The number of nitrogens with zero attached hydrogens (tertiary/aromatic N) is 5. The van der Waals surface area contributed by atoms with Crippen LogP contribution in [0, 0.1) is 0 Å². The summed E-state index contributed by atoms with van der Waals surface area (Å²) in [6.07, 6.45) is 0.724. The quantitative estimate of drug-likeness (QED) is 0.365. The molecule has 10 heteroatoms. The average Bonchev–Trinajstić information content (AvgIpc) is 3.14. The van der Waals surface area contributed by atoms with Crippen LogP contribution in [0.3, 0.4) is 0 Å². The zero-order valence-corrected chi connectivity index (χ0v) is 16.7. The lowest BCUT2D eigenvalue weighted by Gasteiger charge is -2.15. The molecule has 0 spiro atoms. The van der Waals surface area contributed by atoms with Gasteiger partial charge in [0.15, 0.2) is 17.0 Å². The Labute approximate surface area is 168 Å². The maximum Gasteiger partial charge on any atom is 0.308 e. The van der Waals surface area contributed by atoms with Crippen LogP contribution in [0.5, 0.6) is 5.75 Å². The Morgan fingerprint density at radius 3 is 2.76 bits per heavy atom. The third-order valence-electron chi connectivity index (χ3n) is 4.38. The number of esters is 1. The van der Waals surface area contributed by atoms with E-state index in [1.54, 1.807) is 16.8 Å². The molecule has 0 fully saturated rings. The molecule has 2 heterocycles. The van der Waals surface area contributed by atoms with E-state index in [9.17, 15) is 9.90 Å². The van der Waals surface area contributed by atoms with Gasteiger partial charge in [0.2, 0.25) is 5.95 Å². The number of carbonyl (C=O) groups is 1. The molecular weight excluding hydrogens is 374 g/mol. The lowest BCUT2D eigenvalue weighted by atomic mass is 10.2. The summed E-state index contributed by atoms with van der Waals surface area (Å²) in [6, 6.07) is 7.12. The highest BCUT2D eigenvalue weighted by molar-refractivity contribution is 5.83. The zero-order valence-electron chi connectivity index (χ0n) is 16.7. The van der Waals surface area contributed by atoms with Gasteiger partial charge in [0.25, 0.3) is 0 Å². The molecule has 1 aromatic carbocycles. The number of aliphatic hydroxyl groups is 1. The van der Waals surface area contributed by atoms with Crippen molar-refractivity contribution in [2.45, 2.75) is 46.3 Å². The third kappa shape index (κ3) is 4.77. The van der Waals surface area contributed by atoms with E-state index < -0.39 is 0 Å². The maximum atomic E-state index is 11.3. The average molecular weight is 399 g/mol. The van der Waals surface area contributed by atoms with Gasteiger partial charge >= 0.3 is 5.97 Å². The number of hydrogen-bond acceptors (Lipinski definition) is 9. The molecule has 10 nitrogen and oxygen atoms in total. The molecule has 1 atom stereocenters. The van der Waals surface area contributed by atoms with Crippen LogP contribution in [0.4, 0.5) is 11.8 Å². The molecule has 3 rings (SSSR count). The second kappa shape index (κ2) is 9.28. The molecule has 0 aliphatic carbocycles. The van der Waals surface area contributed by atoms with E-state index in [4.69, 9.17) is 4.74 Å². The normalized spacial score (nSPS) is 12.0. The number of carbonyl (C=O) groups excluding carboxylic acids is 1. The van der Waals surface area contributed by atoms with Gasteiger partial charge in [0.1, 0.15) is 5.75 Å². The molecule has 0 bridgehead atoms. The van der Waals surface area contributed by atoms with Gasteiger partial charge < -0.3 is 20.5 Å². The van der Waals surface area contributed by atoms with Gasteiger partial charge in [-0.15, -0.1) is 5.10 Å². The summed E-state index contributed by atoms with van der Waals surface area (Å²) in [7, 11) is 0. The molecule has 154 valence electrons. The Balaban J connectivity index is 1.92. The summed E-state index contributed by atoms with van der Waals surface area (Å²) in [4.78, 5) is 20.4. The highest BCUT2D eigenvalue weighted by Gasteiger charge is 2.16. The van der Waals surface area contributed by atoms with Crippen LogP contribution in [0.2, 0.25) is 0 Å². The topological polar surface area (TPSA) is 127 Å². The molecule has 0 amide bonds. The van der Waals surface area contributed by atoms with Crippen molar-refractivity contribution < 1.29 is 14.6 Å². The van der Waals surface area contributed by atoms with E-state index in [0.29, 0.717) is 41.8 Å². The first-order valence-corrected chi connectivity index (χ1v) is 9.54. The summed E-state index contributed by atoms with van der Waals surface area (Å²) < 4.78 is 6.94. The number of fused-ring (bicyclic) bond motifs is 1. The number of nitrogens with one attached hydrogen (secondary N) is 2. The van der Waals surface area contributed by atoms with Gasteiger partial charge in [-0.3, -0.25) is 4.79 Å². The number of hydrogen-bond donors (Lipinski definition) is 3. The van der Waals surface area contributed by atoms with Gasteiger partial charge in [0, 0.05) is 25.6 Å². The molecule has 2 aromatic heterocycles. The van der Waals surface area contributed by atoms with Gasteiger partial charge in [-0.2, -0.15) is 9.97 Å². The Morgan fingerprint density at radius 2 is 2.07 bits per heavy atom. The zero-order chi connectivity index (χ0) is 20.8. The standard InChI is InChI=1S/C19H25N7O3/c1-4-14(11-27)21-19-22-17(16-18(23-19)26(5-2)25-24-16)20-10-13-8-6-7-9-15(13)29-12(3)28/h6-9,14,27H,4-5,10-11H2,1-3H3,(H2,20,21,22,23). The second-order valence-corrected chi connectivity index (χ2v) is 6.46. The molecule has 0 saturated heterocycles. The summed E-state index contributed by atoms with van der Waals surface area (Å²) in [5.74, 6) is 0.988. The van der Waals surface area contributed by atoms with Crippen LogP contribution < -0.4 is 15.4 Å². The van der Waals surface area contributed by atoms with Crippen molar-refractivity contribution in [3.05, 3.63) is 29.8 Å². The molecule has 0 saturated carbocycles. The third-order valence-corrected chi connectivity index (χ3v) is 4.38. The van der Waals surface area contributed by atoms with E-state index >= 15 is 0 Å². The summed E-state index contributed by atoms with van der Waals surface area (Å²) in [5, 5.41) is 24.2. The molecule has 0 radical (unpaired) electrons. The number of aliphatic hydroxyl groups excluding tert-OH is 1. The number of ether oxygens (including phenoxy) is 1. The number of para-hydroxylation sites is 1. The molecule has 3 N–H and O–H groups in total. The van der Waals surface area contributed by atoms with Crippen molar-refractivity contribution >= 4 is 28.9 Å². The number of anilines is 2. The number of aromatic nitrogens is 5. The van der Waals surface area contributed by atoms with Crippen molar-refractivity contribution in [1.29, 1.82) is 0 Å². The van der Waals surface area contributed by atoms with Crippen molar-refractivity contribution in [3.8, 4) is 5.75 Å². The lowest BCUT2D eigenvalue weighted by Crippen LogP contribution is -2.24. The van der Waals surface area contributed by atoms with Gasteiger partial charge in [-0.1, -0.05) is 30.3 Å². The monoisotopic (exact) mass is 399 g/mol. The van der Waals surface area contributed by atoms with Crippen molar-refractivity contribution in [2.24, 2.45) is 0 Å². The minimum absolute atomic E-state index is 0.0261. The molecule has 0 aliphatic heterocycles. The molecule has 3 aromatic rings. The van der Waals surface area contributed by atoms with Gasteiger partial charge in [-0.25, -0.2) is 4.68 Å². The largest absolute Gasteiger partial charge is 0.426 e. The fourth-order valence-corrected chi connectivity index (χ4v) is 2.80. The minimum Gasteiger partial charge on any atom is -0.426 e. The fraction of sp³-hybridized carbons (Fsp3) is 0.421. The van der Waals surface area contributed by atoms with Crippen LogP contribution in [-0.2, 0) is 17.9 Å². The maximum absolute atomic E-state index is 11.3. The van der Waals surface area contributed by atoms with Crippen molar-refractivity contribution in [2.75, 3.05) is 17.2 Å². The first-order chi connectivity index (χ1) is 14.0. The highest BCUT2D eigenvalue weighted by Crippen LogP contribution is 2.23. The molecule has 0 aliphatic rings. The van der Waals surface area contributed by atoms with Gasteiger partial charge in [0.05, 0.1) is 12.6 Å². The Hall–Kier alpha value is -3.27. The first kappa shape index (κ1) is 20.5. The van der Waals surface area contributed by atoms with Gasteiger partial charge in [-0.05, 0) is 19.4 Å². The SMILES string of the molecule is CCC(CO)Nc1nc(NCc2ccccc2OC(C)=O)c2nnn(CC)c2n1. The number of rotatable bonds is 9. The molecule has 29 heavy (non-hydrogen) atoms. The molecule has 1 unspecified atom stereocenters. The van der Waals surface area contributed by atoms with Crippen LogP contribution in [0.25, 0.3) is 11.2 Å². The predicted octanol–water partition coefficient (Wildman–Crippen LogP) is 1.96. The van der Waals surface area contributed by atoms with E-state index in [-0.39, 0.29) is 18.6 Å². The predicted molar refractivity (Wildman–Crippen MR) is 109 cm³/mol. The van der Waals surface area contributed by atoms with Crippen LogP contribution >= 0.6 is 0 Å². The summed E-state index contributed by atoms with van der Waals surface area (Å²) >= 11 is 0. The second-order valence-electron chi connectivity index (χ2n) is 6.46. The van der Waals surface area contributed by atoms with E-state index in [1.165, 1.54) is 6.92 Å². The Morgan fingerprint density at radius 1 is 1.28 bits per heavy atom.